The van der Waals surface area contributed by atoms with Crippen LogP contribution in [0.4, 0.5) is 0 Å². The maximum absolute atomic E-state index is 12.4. The number of thiazole rings is 1. The van der Waals surface area contributed by atoms with E-state index in [2.05, 4.69) is 17.1 Å². The van der Waals surface area contributed by atoms with E-state index in [0.29, 0.717) is 6.54 Å². The smallest absolute Gasteiger partial charge is 0.228 e. The first-order valence-corrected chi connectivity index (χ1v) is 8.98. The zero-order valence-electron chi connectivity index (χ0n) is 14.1. The summed E-state index contributed by atoms with van der Waals surface area (Å²) < 4.78 is 0. The molecule has 5 heteroatoms. The van der Waals surface area contributed by atoms with Crippen molar-refractivity contribution in [2.45, 2.75) is 19.4 Å². The van der Waals surface area contributed by atoms with Crippen molar-refractivity contribution in [3.63, 3.8) is 0 Å². The maximum Gasteiger partial charge on any atom is 0.228 e. The summed E-state index contributed by atoms with van der Waals surface area (Å²) in [4.78, 5) is 18.6. The molecule has 1 N–H and O–H groups in total. The standard InChI is InChI=1S/C20H20N2O2S/c1-22(13-16-9-5-6-10-18(16)23)20(24)12-17-14-25-19(21-17)11-15-7-3-2-4-8-15/h2-10,14,23H,11-13H2,1H3. The van der Waals surface area contributed by atoms with Gasteiger partial charge in [-0.25, -0.2) is 4.98 Å². The molecule has 0 saturated heterocycles. The molecule has 0 fully saturated rings. The molecule has 0 atom stereocenters. The van der Waals surface area contributed by atoms with E-state index < -0.39 is 0 Å². The third-order valence-corrected chi connectivity index (χ3v) is 4.85. The number of phenolic OH excluding ortho intramolecular Hbond substituents is 1. The molecule has 1 amide bonds. The van der Waals surface area contributed by atoms with E-state index in [-0.39, 0.29) is 18.1 Å². The molecule has 3 rings (SSSR count). The Morgan fingerprint density at radius 2 is 1.84 bits per heavy atom. The van der Waals surface area contributed by atoms with Crippen LogP contribution in [-0.4, -0.2) is 27.9 Å². The number of nitrogens with zero attached hydrogens (tertiary/aromatic N) is 2. The first-order chi connectivity index (χ1) is 12.1. The topological polar surface area (TPSA) is 53.4 Å². The molecule has 0 saturated carbocycles. The van der Waals surface area contributed by atoms with E-state index in [1.807, 2.05) is 35.7 Å². The van der Waals surface area contributed by atoms with Crippen molar-refractivity contribution in [2.24, 2.45) is 0 Å². The quantitative estimate of drug-likeness (QED) is 0.737. The second kappa shape index (κ2) is 7.94. The number of hydrogen-bond acceptors (Lipinski definition) is 4. The fourth-order valence-electron chi connectivity index (χ4n) is 2.56. The molecular formula is C20H20N2O2S. The summed E-state index contributed by atoms with van der Waals surface area (Å²) in [7, 11) is 1.74. The Hall–Kier alpha value is -2.66. The predicted octanol–water partition coefficient (Wildman–Crippen LogP) is 3.64. The molecule has 0 radical (unpaired) electrons. The van der Waals surface area contributed by atoms with Gasteiger partial charge in [-0.05, 0) is 11.6 Å². The van der Waals surface area contributed by atoms with E-state index in [1.54, 1.807) is 35.4 Å². The second-order valence-electron chi connectivity index (χ2n) is 5.95. The zero-order valence-corrected chi connectivity index (χ0v) is 14.9. The predicted molar refractivity (Wildman–Crippen MR) is 99.6 cm³/mol. The lowest BCUT2D eigenvalue weighted by Gasteiger charge is -2.17. The van der Waals surface area contributed by atoms with E-state index in [9.17, 15) is 9.90 Å². The van der Waals surface area contributed by atoms with Crippen LogP contribution in [0, 0.1) is 0 Å². The van der Waals surface area contributed by atoms with Gasteiger partial charge in [-0.2, -0.15) is 0 Å². The molecule has 0 aliphatic rings. The van der Waals surface area contributed by atoms with Crippen LogP contribution in [0.5, 0.6) is 5.75 Å². The number of likely N-dealkylation sites (N-methyl/N-ethyl adjacent to an activating group) is 1. The number of aromatic nitrogens is 1. The second-order valence-corrected chi connectivity index (χ2v) is 6.89. The highest BCUT2D eigenvalue weighted by molar-refractivity contribution is 7.09. The molecule has 0 aliphatic carbocycles. The fraction of sp³-hybridized carbons (Fsp3) is 0.200. The SMILES string of the molecule is CN(Cc1ccccc1O)C(=O)Cc1csc(Cc2ccccc2)n1. The van der Waals surface area contributed by atoms with Crippen LogP contribution < -0.4 is 0 Å². The monoisotopic (exact) mass is 352 g/mol. The van der Waals surface area contributed by atoms with E-state index >= 15 is 0 Å². The lowest BCUT2D eigenvalue weighted by atomic mass is 10.1. The van der Waals surface area contributed by atoms with Gasteiger partial charge in [-0.15, -0.1) is 11.3 Å². The third kappa shape index (κ3) is 4.67. The largest absolute Gasteiger partial charge is 0.508 e. The number of rotatable bonds is 6. The number of amides is 1. The Labute approximate surface area is 151 Å². The van der Waals surface area contributed by atoms with Gasteiger partial charge in [0.1, 0.15) is 5.75 Å². The highest BCUT2D eigenvalue weighted by Crippen LogP contribution is 2.19. The van der Waals surface area contributed by atoms with Crippen molar-refractivity contribution in [2.75, 3.05) is 7.05 Å². The van der Waals surface area contributed by atoms with Crippen LogP contribution in [0.3, 0.4) is 0 Å². The number of hydrogen-bond donors (Lipinski definition) is 1. The molecule has 0 spiro atoms. The molecule has 128 valence electrons. The van der Waals surface area contributed by atoms with Crippen LogP contribution in [0.2, 0.25) is 0 Å². The van der Waals surface area contributed by atoms with Crippen LogP contribution in [0.1, 0.15) is 21.8 Å². The Balaban J connectivity index is 1.58. The fourth-order valence-corrected chi connectivity index (χ4v) is 3.39. The Bertz CT molecular complexity index is 846. The Morgan fingerprint density at radius 1 is 1.12 bits per heavy atom. The number of para-hydroxylation sites is 1. The van der Waals surface area contributed by atoms with Gasteiger partial charge >= 0.3 is 0 Å². The van der Waals surface area contributed by atoms with Gasteiger partial charge in [0.15, 0.2) is 0 Å². The van der Waals surface area contributed by atoms with Gasteiger partial charge < -0.3 is 10.0 Å². The molecule has 2 aromatic carbocycles. The molecule has 0 aliphatic heterocycles. The summed E-state index contributed by atoms with van der Waals surface area (Å²) in [6, 6.07) is 17.2. The van der Waals surface area contributed by atoms with Crippen LogP contribution in [0.25, 0.3) is 0 Å². The Morgan fingerprint density at radius 3 is 2.60 bits per heavy atom. The maximum atomic E-state index is 12.4. The van der Waals surface area contributed by atoms with E-state index in [0.717, 1.165) is 22.7 Å². The van der Waals surface area contributed by atoms with Crippen LogP contribution >= 0.6 is 11.3 Å². The van der Waals surface area contributed by atoms with E-state index in [1.165, 1.54) is 5.56 Å². The first kappa shape index (κ1) is 17.2. The summed E-state index contributed by atoms with van der Waals surface area (Å²) in [6.07, 6.45) is 1.06. The number of carbonyl (C=O) groups is 1. The summed E-state index contributed by atoms with van der Waals surface area (Å²) >= 11 is 1.58. The summed E-state index contributed by atoms with van der Waals surface area (Å²) in [5, 5.41) is 12.8. The van der Waals surface area contributed by atoms with Crippen LogP contribution in [0.15, 0.2) is 60.0 Å². The van der Waals surface area contributed by atoms with Crippen molar-refractivity contribution >= 4 is 17.2 Å². The van der Waals surface area contributed by atoms with Gasteiger partial charge in [-0.1, -0.05) is 48.5 Å². The number of aromatic hydroxyl groups is 1. The van der Waals surface area contributed by atoms with Crippen LogP contribution in [-0.2, 0) is 24.2 Å². The lowest BCUT2D eigenvalue weighted by molar-refractivity contribution is -0.129. The third-order valence-electron chi connectivity index (χ3n) is 3.95. The lowest BCUT2D eigenvalue weighted by Crippen LogP contribution is -2.27. The normalized spacial score (nSPS) is 10.6. The minimum absolute atomic E-state index is 0.0141. The molecule has 0 bridgehead atoms. The van der Waals surface area contributed by atoms with Crippen molar-refractivity contribution in [3.8, 4) is 5.75 Å². The van der Waals surface area contributed by atoms with Gasteiger partial charge in [0.05, 0.1) is 17.1 Å². The minimum atomic E-state index is -0.0141. The number of carbonyl (C=O) groups excluding carboxylic acids is 1. The van der Waals surface area contributed by atoms with E-state index in [4.69, 9.17) is 0 Å². The summed E-state index contributed by atoms with van der Waals surface area (Å²) in [5.74, 6) is 0.195. The first-order valence-electron chi connectivity index (χ1n) is 8.10. The number of phenols is 1. The number of benzene rings is 2. The molecule has 1 heterocycles. The molecule has 3 aromatic rings. The Kier molecular flexibility index (Phi) is 5.46. The van der Waals surface area contributed by atoms with Crippen molar-refractivity contribution < 1.29 is 9.90 Å². The van der Waals surface area contributed by atoms with Gasteiger partial charge in [0, 0.05) is 31.0 Å². The average Bonchev–Trinajstić information content (AvgIpc) is 3.04. The van der Waals surface area contributed by atoms with Gasteiger partial charge in [0.25, 0.3) is 0 Å². The summed E-state index contributed by atoms with van der Waals surface area (Å²) in [5.41, 5.74) is 2.75. The van der Waals surface area contributed by atoms with Crippen molar-refractivity contribution in [3.05, 3.63) is 81.8 Å². The highest BCUT2D eigenvalue weighted by atomic mass is 32.1. The van der Waals surface area contributed by atoms with Gasteiger partial charge in [0.2, 0.25) is 5.91 Å². The van der Waals surface area contributed by atoms with Crippen molar-refractivity contribution in [1.29, 1.82) is 0 Å². The molecular weight excluding hydrogens is 332 g/mol. The molecule has 1 aromatic heterocycles. The van der Waals surface area contributed by atoms with Crippen molar-refractivity contribution in [1.82, 2.24) is 9.88 Å². The highest BCUT2D eigenvalue weighted by Gasteiger charge is 2.14. The molecule has 0 unspecified atom stereocenters. The minimum Gasteiger partial charge on any atom is -0.508 e. The zero-order chi connectivity index (χ0) is 17.6. The molecule has 25 heavy (non-hydrogen) atoms. The summed E-state index contributed by atoms with van der Waals surface area (Å²) in [6.45, 7) is 0.381. The average molecular weight is 352 g/mol. The molecule has 4 nitrogen and oxygen atoms in total. The van der Waals surface area contributed by atoms with Gasteiger partial charge in [-0.3, -0.25) is 4.79 Å².